The summed E-state index contributed by atoms with van der Waals surface area (Å²) in [5, 5.41) is 0.715. The smallest absolute Gasteiger partial charge is 0.312 e. The quantitative estimate of drug-likeness (QED) is 0.200. The van der Waals surface area contributed by atoms with E-state index < -0.39 is 5.41 Å². The topological polar surface area (TPSA) is 43.4 Å². The van der Waals surface area contributed by atoms with Crippen molar-refractivity contribution in [1.29, 1.82) is 0 Å². The number of Topliss-reactive ketones (excluding diaryl/α,β-unsaturated/α-hetero) is 1. The fourth-order valence-corrected chi connectivity index (χ4v) is 12.6. The molecule has 5 aliphatic rings. The number of benzene rings is 1. The first-order chi connectivity index (χ1) is 19.7. The van der Waals surface area contributed by atoms with E-state index in [-0.39, 0.29) is 27.6 Å². The molecule has 4 heteroatoms. The highest BCUT2D eigenvalue weighted by Crippen LogP contribution is 2.77. The van der Waals surface area contributed by atoms with Gasteiger partial charge in [-0.15, -0.1) is 0 Å². The van der Waals surface area contributed by atoms with Crippen LogP contribution in [-0.2, 0) is 14.3 Å². The number of ketones is 1. The number of carbonyl (C=O) groups is 2. The highest BCUT2D eigenvalue weighted by Gasteiger charge is 2.72. The van der Waals surface area contributed by atoms with E-state index in [2.05, 4.69) is 54.2 Å². The molecule has 0 heterocycles. The van der Waals surface area contributed by atoms with Crippen molar-refractivity contribution >= 4 is 29.4 Å². The molecule has 42 heavy (non-hydrogen) atoms. The number of allylic oxidation sites excluding steroid dienone is 2. The third-order valence-corrected chi connectivity index (χ3v) is 14.7. The minimum atomic E-state index is -0.395. The summed E-state index contributed by atoms with van der Waals surface area (Å²) in [6.07, 6.45) is 11.5. The van der Waals surface area contributed by atoms with Crippen LogP contribution in [-0.4, -0.2) is 18.9 Å². The molecule has 0 N–H and O–H groups in total. The lowest BCUT2D eigenvalue weighted by Crippen LogP contribution is -2.67. The van der Waals surface area contributed by atoms with E-state index in [0.717, 1.165) is 62.5 Å². The summed E-state index contributed by atoms with van der Waals surface area (Å²) in [5.74, 6) is 2.42. The third kappa shape index (κ3) is 3.90. The van der Waals surface area contributed by atoms with Gasteiger partial charge in [0.15, 0.2) is 5.78 Å². The number of ether oxygens (including phenoxy) is 1. The van der Waals surface area contributed by atoms with Gasteiger partial charge in [0.05, 0.1) is 12.5 Å². The number of hydrogen-bond donors (Lipinski definition) is 0. The predicted molar refractivity (Wildman–Crippen MR) is 171 cm³/mol. The normalized spacial score (nSPS) is 44.9. The van der Waals surface area contributed by atoms with Crippen LogP contribution in [0.15, 0.2) is 42.0 Å². The first-order valence-corrected chi connectivity index (χ1v) is 16.8. The number of rotatable bonds is 3. The molecule has 3 nitrogen and oxygen atoms in total. The van der Waals surface area contributed by atoms with E-state index in [9.17, 15) is 9.59 Å². The highest BCUT2D eigenvalue weighted by atomic mass is 35.5. The molecule has 1 aromatic rings. The molecule has 0 aliphatic heterocycles. The number of hydrogen-bond acceptors (Lipinski definition) is 3. The maximum absolute atomic E-state index is 14.1. The van der Waals surface area contributed by atoms with E-state index in [1.165, 1.54) is 12.0 Å². The monoisotopic (exact) mass is 590 g/mol. The standard InChI is InChI=1S/C38H51ClO3/c1-23(2)27-15-18-38(33(41)42-8)20-19-36(6)28(31(27)38)13-14-30-35(5)22-25(21-24-9-11-26(39)12-10-24)32(40)34(3,4)29(35)16-17-37(30,36)7/h9-12,21,27-31H,1,13-20,22H2,2-8H3/b25-21+/t27-,28+,29+,30+,31+,35-,36+,37+,38-/m0/s1. The van der Waals surface area contributed by atoms with Gasteiger partial charge in [-0.25, -0.2) is 0 Å². The number of carbonyl (C=O) groups excluding carboxylic acids is 2. The Labute approximate surface area is 258 Å². The van der Waals surface area contributed by atoms with Crippen molar-refractivity contribution < 1.29 is 14.3 Å². The lowest BCUT2D eigenvalue weighted by Gasteiger charge is -2.72. The molecule has 0 unspecified atom stereocenters. The number of fused-ring (bicyclic) bond motifs is 7. The second kappa shape index (κ2) is 9.82. The van der Waals surface area contributed by atoms with E-state index >= 15 is 0 Å². The lowest BCUT2D eigenvalue weighted by molar-refractivity contribution is -0.232. The summed E-state index contributed by atoms with van der Waals surface area (Å²) in [5.41, 5.74) is 2.83. The molecule has 5 saturated carbocycles. The molecule has 9 atom stereocenters. The zero-order chi connectivity index (χ0) is 30.5. The molecule has 0 radical (unpaired) electrons. The van der Waals surface area contributed by atoms with Crippen LogP contribution < -0.4 is 0 Å². The van der Waals surface area contributed by atoms with Gasteiger partial charge in [0, 0.05) is 10.4 Å². The first kappa shape index (κ1) is 30.2. The van der Waals surface area contributed by atoms with Crippen molar-refractivity contribution in [3.63, 3.8) is 0 Å². The Bertz CT molecular complexity index is 1340. The fourth-order valence-electron chi connectivity index (χ4n) is 12.4. The summed E-state index contributed by atoms with van der Waals surface area (Å²) in [6, 6.07) is 7.87. The molecule has 0 spiro atoms. The van der Waals surface area contributed by atoms with Crippen molar-refractivity contribution in [3.05, 3.63) is 52.6 Å². The Morgan fingerprint density at radius 1 is 0.929 bits per heavy atom. The molecule has 6 rings (SSSR count). The van der Waals surface area contributed by atoms with Crippen LogP contribution in [0.4, 0.5) is 0 Å². The number of esters is 1. The highest BCUT2D eigenvalue weighted by molar-refractivity contribution is 6.30. The Kier molecular flexibility index (Phi) is 7.05. The minimum absolute atomic E-state index is 0.0192. The molecule has 0 amide bonds. The molecule has 0 saturated heterocycles. The maximum atomic E-state index is 14.1. The molecule has 5 fully saturated rings. The zero-order valence-corrected chi connectivity index (χ0v) is 27.7. The molecule has 228 valence electrons. The average molecular weight is 591 g/mol. The fraction of sp³-hybridized carbons (Fsp3) is 0.684. The summed E-state index contributed by atoms with van der Waals surface area (Å²) in [6.45, 7) is 18.8. The van der Waals surface area contributed by atoms with Crippen molar-refractivity contribution in [3.8, 4) is 0 Å². The van der Waals surface area contributed by atoms with Gasteiger partial charge in [-0.1, -0.05) is 70.5 Å². The maximum Gasteiger partial charge on any atom is 0.312 e. The minimum Gasteiger partial charge on any atom is -0.469 e. The van der Waals surface area contributed by atoms with Crippen LogP contribution in [0.5, 0.6) is 0 Å². The molecule has 1 aromatic carbocycles. The largest absolute Gasteiger partial charge is 0.469 e. The van der Waals surface area contributed by atoms with Gasteiger partial charge in [0.25, 0.3) is 0 Å². The molecule has 0 bridgehead atoms. The molecule has 0 aromatic heterocycles. The predicted octanol–water partition coefficient (Wildman–Crippen LogP) is 9.73. The summed E-state index contributed by atoms with van der Waals surface area (Å²) in [4.78, 5) is 27.6. The van der Waals surface area contributed by atoms with Gasteiger partial charge in [-0.2, -0.15) is 0 Å². The molecular formula is C38H51ClO3. The van der Waals surface area contributed by atoms with Gasteiger partial charge in [-0.3, -0.25) is 9.59 Å². The zero-order valence-electron chi connectivity index (χ0n) is 26.9. The molecular weight excluding hydrogens is 540 g/mol. The van der Waals surface area contributed by atoms with Crippen LogP contribution in [0, 0.1) is 56.7 Å². The number of halogens is 1. The van der Waals surface area contributed by atoms with E-state index in [0.29, 0.717) is 40.4 Å². The Hall–Kier alpha value is -1.87. The second-order valence-electron chi connectivity index (χ2n) is 16.3. The van der Waals surface area contributed by atoms with E-state index in [4.69, 9.17) is 16.3 Å². The van der Waals surface area contributed by atoms with Crippen molar-refractivity contribution in [2.24, 2.45) is 56.7 Å². The van der Waals surface area contributed by atoms with E-state index in [1.54, 1.807) is 7.11 Å². The van der Waals surface area contributed by atoms with Gasteiger partial charge in [-0.05, 0) is 140 Å². The van der Waals surface area contributed by atoms with Crippen LogP contribution in [0.1, 0.15) is 105 Å². The van der Waals surface area contributed by atoms with Gasteiger partial charge >= 0.3 is 5.97 Å². The summed E-state index contributed by atoms with van der Waals surface area (Å²) in [7, 11) is 1.58. The van der Waals surface area contributed by atoms with E-state index in [1.807, 2.05) is 24.3 Å². The summed E-state index contributed by atoms with van der Waals surface area (Å²) >= 11 is 6.18. The Morgan fingerprint density at radius 2 is 1.62 bits per heavy atom. The van der Waals surface area contributed by atoms with Crippen LogP contribution in [0.2, 0.25) is 5.02 Å². The van der Waals surface area contributed by atoms with Gasteiger partial charge < -0.3 is 4.74 Å². The Balaban J connectivity index is 1.41. The average Bonchev–Trinajstić information content (AvgIpc) is 3.34. The van der Waals surface area contributed by atoms with Crippen LogP contribution in [0.25, 0.3) is 6.08 Å². The van der Waals surface area contributed by atoms with Crippen molar-refractivity contribution in [1.82, 2.24) is 0 Å². The molecule has 5 aliphatic carbocycles. The van der Waals surface area contributed by atoms with Gasteiger partial charge in [0.1, 0.15) is 0 Å². The lowest BCUT2D eigenvalue weighted by atomic mass is 9.32. The first-order valence-electron chi connectivity index (χ1n) is 16.4. The third-order valence-electron chi connectivity index (χ3n) is 14.5. The van der Waals surface area contributed by atoms with Gasteiger partial charge in [0.2, 0.25) is 0 Å². The Morgan fingerprint density at radius 3 is 2.26 bits per heavy atom. The SMILES string of the molecule is C=C(C)[C@@H]1CC[C@]2(C(=O)OC)CC[C@]3(C)[C@H](CC[C@@H]4[C@@]5(C)C/C(=C\c6ccc(Cl)cc6)C(=O)C(C)(C)[C@H]5CC[C@]43C)[C@@H]12. The van der Waals surface area contributed by atoms with Crippen molar-refractivity contribution in [2.75, 3.05) is 7.11 Å². The van der Waals surface area contributed by atoms with Crippen molar-refractivity contribution in [2.45, 2.75) is 99.3 Å². The second-order valence-corrected chi connectivity index (χ2v) is 16.7. The van der Waals surface area contributed by atoms with Crippen LogP contribution >= 0.6 is 11.6 Å². The summed E-state index contributed by atoms with van der Waals surface area (Å²) < 4.78 is 5.54. The number of methoxy groups -OCH3 is 1. The van der Waals surface area contributed by atoms with Crippen LogP contribution in [0.3, 0.4) is 0 Å².